The molecule has 1 aliphatic rings. The van der Waals surface area contributed by atoms with Crippen LogP contribution in [0.15, 0.2) is 42.5 Å². The van der Waals surface area contributed by atoms with Gasteiger partial charge in [-0.15, -0.1) is 0 Å². The number of aryl methyl sites for hydroxylation is 1. The van der Waals surface area contributed by atoms with Crippen molar-refractivity contribution in [2.75, 3.05) is 12.0 Å². The zero-order chi connectivity index (χ0) is 15.7. The Hall–Kier alpha value is -2.29. The van der Waals surface area contributed by atoms with Gasteiger partial charge in [-0.1, -0.05) is 30.3 Å². The number of anilines is 1. The molecule has 3 rings (SSSR count). The van der Waals surface area contributed by atoms with Crippen molar-refractivity contribution in [2.45, 2.75) is 32.7 Å². The highest BCUT2D eigenvalue weighted by molar-refractivity contribution is 5.97. The Labute approximate surface area is 131 Å². The Morgan fingerprint density at radius 3 is 2.77 bits per heavy atom. The quantitative estimate of drug-likeness (QED) is 0.867. The minimum absolute atomic E-state index is 0.155. The number of rotatable bonds is 3. The maximum atomic E-state index is 12.7. The van der Waals surface area contributed by atoms with Crippen molar-refractivity contribution in [3.63, 3.8) is 0 Å². The van der Waals surface area contributed by atoms with E-state index in [-0.39, 0.29) is 11.9 Å². The number of benzene rings is 2. The van der Waals surface area contributed by atoms with Crippen LogP contribution in [-0.4, -0.2) is 19.1 Å². The van der Waals surface area contributed by atoms with Crippen LogP contribution in [0.3, 0.4) is 0 Å². The van der Waals surface area contributed by atoms with Crippen molar-refractivity contribution in [2.24, 2.45) is 0 Å². The van der Waals surface area contributed by atoms with Gasteiger partial charge in [0.1, 0.15) is 5.75 Å². The summed E-state index contributed by atoms with van der Waals surface area (Å²) in [6.07, 6.45) is 1.35. The molecule has 0 aliphatic carbocycles. The first kappa shape index (κ1) is 14.6. The summed E-state index contributed by atoms with van der Waals surface area (Å²) < 4.78 is 5.27. The number of ether oxygens (including phenoxy) is 1. The Morgan fingerprint density at radius 1 is 1.27 bits per heavy atom. The van der Waals surface area contributed by atoms with Gasteiger partial charge in [-0.05, 0) is 49.1 Å². The number of para-hydroxylation sites is 1. The minimum atomic E-state index is 0.155. The van der Waals surface area contributed by atoms with Crippen molar-refractivity contribution in [3.8, 4) is 5.75 Å². The van der Waals surface area contributed by atoms with Crippen LogP contribution in [-0.2, 0) is 17.6 Å². The molecule has 1 aliphatic heterocycles. The topological polar surface area (TPSA) is 29.5 Å². The molecule has 0 N–H and O–H groups in total. The molecule has 3 heteroatoms. The van der Waals surface area contributed by atoms with Crippen molar-refractivity contribution < 1.29 is 9.53 Å². The highest BCUT2D eigenvalue weighted by Crippen LogP contribution is 2.32. The van der Waals surface area contributed by atoms with E-state index in [0.717, 1.165) is 29.0 Å². The number of methoxy groups -OCH3 is 1. The Kier molecular flexibility index (Phi) is 3.88. The van der Waals surface area contributed by atoms with Gasteiger partial charge in [-0.2, -0.15) is 0 Å². The summed E-state index contributed by atoms with van der Waals surface area (Å²) in [6, 6.07) is 14.3. The van der Waals surface area contributed by atoms with Gasteiger partial charge in [0, 0.05) is 11.7 Å². The van der Waals surface area contributed by atoms with Crippen LogP contribution in [0, 0.1) is 6.92 Å². The number of hydrogen-bond donors (Lipinski definition) is 0. The van der Waals surface area contributed by atoms with Crippen LogP contribution < -0.4 is 9.64 Å². The summed E-state index contributed by atoms with van der Waals surface area (Å²) in [5.41, 5.74) is 4.40. The van der Waals surface area contributed by atoms with E-state index in [1.165, 1.54) is 5.56 Å². The molecule has 1 amide bonds. The Morgan fingerprint density at radius 2 is 2.05 bits per heavy atom. The van der Waals surface area contributed by atoms with Crippen LogP contribution in [0.1, 0.15) is 23.6 Å². The van der Waals surface area contributed by atoms with E-state index in [9.17, 15) is 4.79 Å². The van der Waals surface area contributed by atoms with Crippen LogP contribution in [0.25, 0.3) is 0 Å². The third kappa shape index (κ3) is 2.59. The van der Waals surface area contributed by atoms with Crippen LogP contribution in [0.5, 0.6) is 5.75 Å². The maximum absolute atomic E-state index is 12.7. The molecule has 1 atom stereocenters. The lowest BCUT2D eigenvalue weighted by atomic mass is 10.1. The molecule has 3 nitrogen and oxygen atoms in total. The van der Waals surface area contributed by atoms with Crippen LogP contribution in [0.4, 0.5) is 5.69 Å². The standard InChI is InChI=1S/C19H21NO2/c1-13-10-15(8-9-18(13)22-3)12-19(21)20-14(2)11-16-6-4-5-7-17(16)20/h4-10,14H,11-12H2,1-3H3/t14-/m0/s1. The maximum Gasteiger partial charge on any atom is 0.231 e. The number of nitrogens with zero attached hydrogens (tertiary/aromatic N) is 1. The fourth-order valence-electron chi connectivity index (χ4n) is 3.26. The van der Waals surface area contributed by atoms with E-state index in [2.05, 4.69) is 13.0 Å². The molecule has 0 aromatic heterocycles. The zero-order valence-corrected chi connectivity index (χ0v) is 13.3. The largest absolute Gasteiger partial charge is 0.496 e. The van der Waals surface area contributed by atoms with Crippen molar-refractivity contribution >= 4 is 11.6 Å². The first-order valence-corrected chi connectivity index (χ1v) is 7.63. The molecule has 2 aromatic carbocycles. The van der Waals surface area contributed by atoms with Gasteiger partial charge in [0.05, 0.1) is 13.5 Å². The van der Waals surface area contributed by atoms with Crippen molar-refractivity contribution in [3.05, 3.63) is 59.2 Å². The molecule has 2 aromatic rings. The molecule has 1 heterocycles. The van der Waals surface area contributed by atoms with Gasteiger partial charge >= 0.3 is 0 Å². The third-order valence-corrected chi connectivity index (χ3v) is 4.29. The van der Waals surface area contributed by atoms with Gasteiger partial charge < -0.3 is 9.64 Å². The fraction of sp³-hybridized carbons (Fsp3) is 0.316. The second kappa shape index (κ2) is 5.84. The van der Waals surface area contributed by atoms with Crippen LogP contribution >= 0.6 is 0 Å². The first-order chi connectivity index (χ1) is 10.6. The second-order valence-corrected chi connectivity index (χ2v) is 5.93. The third-order valence-electron chi connectivity index (χ3n) is 4.29. The summed E-state index contributed by atoms with van der Waals surface area (Å²) in [5, 5.41) is 0. The number of fused-ring (bicyclic) bond motifs is 1. The monoisotopic (exact) mass is 295 g/mol. The second-order valence-electron chi connectivity index (χ2n) is 5.93. The molecule has 0 saturated carbocycles. The van der Waals surface area contributed by atoms with Gasteiger partial charge in [-0.25, -0.2) is 0 Å². The minimum Gasteiger partial charge on any atom is -0.496 e. The highest BCUT2D eigenvalue weighted by atomic mass is 16.5. The molecule has 0 radical (unpaired) electrons. The van der Waals surface area contributed by atoms with Gasteiger partial charge in [-0.3, -0.25) is 4.79 Å². The smallest absolute Gasteiger partial charge is 0.231 e. The first-order valence-electron chi connectivity index (χ1n) is 7.63. The highest BCUT2D eigenvalue weighted by Gasteiger charge is 2.30. The average Bonchev–Trinajstić information content (AvgIpc) is 2.83. The molecule has 22 heavy (non-hydrogen) atoms. The molecular weight excluding hydrogens is 274 g/mol. The predicted octanol–water partition coefficient (Wildman–Crippen LogP) is 3.52. The number of carbonyl (C=O) groups is 1. The summed E-state index contributed by atoms with van der Waals surface area (Å²) in [5.74, 6) is 1.01. The summed E-state index contributed by atoms with van der Waals surface area (Å²) in [4.78, 5) is 14.7. The van der Waals surface area contributed by atoms with E-state index in [1.54, 1.807) is 7.11 Å². The molecule has 0 unspecified atom stereocenters. The van der Waals surface area contributed by atoms with Gasteiger partial charge in [0.15, 0.2) is 0 Å². The number of carbonyl (C=O) groups excluding carboxylic acids is 1. The molecule has 0 bridgehead atoms. The number of hydrogen-bond acceptors (Lipinski definition) is 2. The Bertz CT molecular complexity index is 708. The van der Waals surface area contributed by atoms with E-state index in [0.29, 0.717) is 6.42 Å². The zero-order valence-electron chi connectivity index (χ0n) is 13.3. The normalized spacial score (nSPS) is 16.5. The summed E-state index contributed by atoms with van der Waals surface area (Å²) in [6.45, 7) is 4.11. The van der Waals surface area contributed by atoms with E-state index < -0.39 is 0 Å². The van der Waals surface area contributed by atoms with Crippen molar-refractivity contribution in [1.82, 2.24) is 0 Å². The van der Waals surface area contributed by atoms with Crippen LogP contribution in [0.2, 0.25) is 0 Å². The molecular formula is C19H21NO2. The van der Waals surface area contributed by atoms with E-state index >= 15 is 0 Å². The lowest BCUT2D eigenvalue weighted by Crippen LogP contribution is -2.36. The SMILES string of the molecule is COc1ccc(CC(=O)N2c3ccccc3C[C@@H]2C)cc1C. The fourth-order valence-corrected chi connectivity index (χ4v) is 3.26. The molecule has 0 spiro atoms. The Balaban J connectivity index is 1.82. The number of amides is 1. The summed E-state index contributed by atoms with van der Waals surface area (Å²) >= 11 is 0. The summed E-state index contributed by atoms with van der Waals surface area (Å²) in [7, 11) is 1.66. The molecule has 114 valence electrons. The van der Waals surface area contributed by atoms with Crippen molar-refractivity contribution in [1.29, 1.82) is 0 Å². The molecule has 0 saturated heterocycles. The van der Waals surface area contributed by atoms with Gasteiger partial charge in [0.25, 0.3) is 0 Å². The average molecular weight is 295 g/mol. The lowest BCUT2D eigenvalue weighted by Gasteiger charge is -2.23. The van der Waals surface area contributed by atoms with Gasteiger partial charge in [0.2, 0.25) is 5.91 Å². The molecule has 0 fully saturated rings. The predicted molar refractivity (Wildman–Crippen MR) is 88.5 cm³/mol. The lowest BCUT2D eigenvalue weighted by molar-refractivity contribution is -0.118. The van der Waals surface area contributed by atoms with E-state index in [1.807, 2.05) is 48.2 Å². The van der Waals surface area contributed by atoms with E-state index in [4.69, 9.17) is 4.74 Å².